The highest BCUT2D eigenvalue weighted by Crippen LogP contribution is 2.45. The monoisotopic (exact) mass is 428 g/mol. The number of hydrogen-bond donors (Lipinski definition) is 0. The van der Waals surface area contributed by atoms with Gasteiger partial charge in [-0.1, -0.05) is 129 Å². The van der Waals surface area contributed by atoms with Crippen molar-refractivity contribution in [2.45, 2.75) is 155 Å². The van der Waals surface area contributed by atoms with Crippen LogP contribution in [0.25, 0.3) is 0 Å². The molecule has 4 rings (SSSR count). The van der Waals surface area contributed by atoms with Gasteiger partial charge in [-0.2, -0.15) is 0 Å². The van der Waals surface area contributed by atoms with Gasteiger partial charge in [-0.25, -0.2) is 0 Å². The van der Waals surface area contributed by atoms with Crippen molar-refractivity contribution >= 4 is 0 Å². The molecule has 0 nitrogen and oxygen atoms in total. The van der Waals surface area contributed by atoms with Crippen LogP contribution < -0.4 is 0 Å². The molecule has 0 N–H and O–H groups in total. The van der Waals surface area contributed by atoms with Crippen molar-refractivity contribution in [1.82, 2.24) is 0 Å². The molecule has 0 amide bonds. The molecule has 0 aliphatic heterocycles. The van der Waals surface area contributed by atoms with E-state index in [1.807, 2.05) is 0 Å². The molecular formula is C31H56. The van der Waals surface area contributed by atoms with Gasteiger partial charge in [0.2, 0.25) is 0 Å². The topological polar surface area (TPSA) is 0 Å². The molecule has 0 heterocycles. The summed E-state index contributed by atoms with van der Waals surface area (Å²) in [6, 6.07) is 0. The minimum Gasteiger partial charge on any atom is -0.0651 e. The zero-order chi connectivity index (χ0) is 21.3. The van der Waals surface area contributed by atoms with Crippen molar-refractivity contribution in [3.05, 3.63) is 0 Å². The van der Waals surface area contributed by atoms with Crippen LogP contribution in [0.3, 0.4) is 0 Å². The lowest BCUT2D eigenvalue weighted by atomic mass is 9.67. The lowest BCUT2D eigenvalue weighted by molar-refractivity contribution is 0.123. The number of hydrogen-bond acceptors (Lipinski definition) is 0. The van der Waals surface area contributed by atoms with E-state index in [-0.39, 0.29) is 0 Å². The molecule has 0 radical (unpaired) electrons. The van der Waals surface area contributed by atoms with Crippen LogP contribution in [0.1, 0.15) is 155 Å². The Morgan fingerprint density at radius 3 is 1.58 bits per heavy atom. The molecule has 3 unspecified atom stereocenters. The van der Waals surface area contributed by atoms with Crippen LogP contribution in [-0.2, 0) is 0 Å². The molecule has 0 aromatic heterocycles. The maximum Gasteiger partial charge on any atom is -0.0357 e. The fourth-order valence-corrected chi connectivity index (χ4v) is 8.77. The predicted molar refractivity (Wildman–Crippen MR) is 136 cm³/mol. The van der Waals surface area contributed by atoms with Crippen molar-refractivity contribution in [3.63, 3.8) is 0 Å². The van der Waals surface area contributed by atoms with Gasteiger partial charge >= 0.3 is 0 Å². The Morgan fingerprint density at radius 2 is 0.903 bits per heavy atom. The Balaban J connectivity index is 1.36. The van der Waals surface area contributed by atoms with Gasteiger partial charge in [0.1, 0.15) is 0 Å². The van der Waals surface area contributed by atoms with Crippen LogP contribution in [0, 0.1) is 41.4 Å². The lowest BCUT2D eigenvalue weighted by Gasteiger charge is -2.38. The summed E-state index contributed by atoms with van der Waals surface area (Å²) in [7, 11) is 0. The molecule has 0 bridgehead atoms. The summed E-state index contributed by atoms with van der Waals surface area (Å²) >= 11 is 0. The molecule has 4 saturated carbocycles. The average molecular weight is 429 g/mol. The minimum absolute atomic E-state index is 1.06. The van der Waals surface area contributed by atoms with Crippen LogP contribution in [0.2, 0.25) is 0 Å². The van der Waals surface area contributed by atoms with Gasteiger partial charge in [0.25, 0.3) is 0 Å². The van der Waals surface area contributed by atoms with E-state index in [0.29, 0.717) is 0 Å². The van der Waals surface area contributed by atoms with Gasteiger partial charge in [-0.15, -0.1) is 0 Å². The summed E-state index contributed by atoms with van der Waals surface area (Å²) in [4.78, 5) is 0. The van der Waals surface area contributed by atoms with Gasteiger partial charge in [0.15, 0.2) is 0 Å². The van der Waals surface area contributed by atoms with Crippen LogP contribution in [0.5, 0.6) is 0 Å². The molecule has 31 heavy (non-hydrogen) atoms. The van der Waals surface area contributed by atoms with E-state index < -0.39 is 0 Å². The third-order valence-corrected chi connectivity index (χ3v) is 10.8. The smallest absolute Gasteiger partial charge is 0.0357 e. The second-order valence-corrected chi connectivity index (χ2v) is 12.8. The molecule has 0 aromatic carbocycles. The summed E-state index contributed by atoms with van der Waals surface area (Å²) in [6.45, 7) is 2.42. The quantitative estimate of drug-likeness (QED) is 0.394. The van der Waals surface area contributed by atoms with E-state index in [1.54, 1.807) is 116 Å². The fourth-order valence-electron chi connectivity index (χ4n) is 8.77. The molecule has 180 valence electrons. The predicted octanol–water partition coefficient (Wildman–Crippen LogP) is 10.3. The Labute approximate surface area is 196 Å². The second kappa shape index (κ2) is 13.0. The largest absolute Gasteiger partial charge is 0.0651 e. The van der Waals surface area contributed by atoms with Crippen molar-refractivity contribution in [1.29, 1.82) is 0 Å². The summed E-state index contributed by atoms with van der Waals surface area (Å²) in [5.41, 5.74) is 0. The molecule has 4 aliphatic rings. The van der Waals surface area contributed by atoms with Crippen LogP contribution >= 0.6 is 0 Å². The van der Waals surface area contributed by atoms with Gasteiger partial charge in [0, 0.05) is 0 Å². The van der Waals surface area contributed by atoms with Crippen LogP contribution in [0.4, 0.5) is 0 Å². The van der Waals surface area contributed by atoms with Gasteiger partial charge < -0.3 is 0 Å². The maximum absolute atomic E-state index is 2.42. The Morgan fingerprint density at radius 1 is 0.419 bits per heavy atom. The van der Waals surface area contributed by atoms with Gasteiger partial charge in [-0.05, 0) is 67.1 Å². The zero-order valence-corrected chi connectivity index (χ0v) is 21.3. The Kier molecular flexibility index (Phi) is 10.1. The highest BCUT2D eigenvalue weighted by molar-refractivity contribution is 4.85. The number of rotatable bonds is 6. The van der Waals surface area contributed by atoms with E-state index in [9.17, 15) is 0 Å². The van der Waals surface area contributed by atoms with E-state index in [4.69, 9.17) is 0 Å². The van der Waals surface area contributed by atoms with Crippen LogP contribution in [-0.4, -0.2) is 0 Å². The van der Waals surface area contributed by atoms with E-state index in [0.717, 1.165) is 41.4 Å². The third kappa shape index (κ3) is 7.50. The first-order valence-electron chi connectivity index (χ1n) is 15.3. The first kappa shape index (κ1) is 24.1. The lowest BCUT2D eigenvalue weighted by Crippen LogP contribution is -2.28. The summed E-state index contributed by atoms with van der Waals surface area (Å²) < 4.78 is 0. The standard InChI is InChI=1S/C31H56/c1-2-25-17-19-28(20-18-25)23-27-13-9-10-16-31(29-14-7-4-8-15-29)30(22-21-27)24-26-11-5-3-6-12-26/h25-31H,2-24H2,1H3. The molecule has 3 atom stereocenters. The van der Waals surface area contributed by atoms with Gasteiger partial charge in [0.05, 0.1) is 0 Å². The first-order chi connectivity index (χ1) is 15.3. The molecule has 4 aliphatic carbocycles. The maximum atomic E-state index is 2.42. The van der Waals surface area contributed by atoms with Crippen molar-refractivity contribution in [2.75, 3.05) is 0 Å². The normalized spacial score (nSPS) is 37.6. The van der Waals surface area contributed by atoms with Crippen LogP contribution in [0.15, 0.2) is 0 Å². The van der Waals surface area contributed by atoms with Gasteiger partial charge in [-0.3, -0.25) is 0 Å². The Bertz CT molecular complexity index is 460. The molecule has 0 aromatic rings. The summed E-state index contributed by atoms with van der Waals surface area (Å²) in [5.74, 6) is 7.59. The fraction of sp³-hybridized carbons (Fsp3) is 1.00. The van der Waals surface area contributed by atoms with E-state index in [1.165, 1.54) is 32.1 Å². The highest BCUT2D eigenvalue weighted by atomic mass is 14.4. The molecule has 0 spiro atoms. The average Bonchev–Trinajstić information content (AvgIpc) is 2.92. The van der Waals surface area contributed by atoms with E-state index >= 15 is 0 Å². The Hall–Kier alpha value is 0. The first-order valence-corrected chi connectivity index (χ1v) is 15.3. The van der Waals surface area contributed by atoms with Crippen molar-refractivity contribution < 1.29 is 0 Å². The molecule has 4 fully saturated rings. The second-order valence-electron chi connectivity index (χ2n) is 12.8. The summed E-state index contributed by atoms with van der Waals surface area (Å²) in [6.07, 6.45) is 35.8. The third-order valence-electron chi connectivity index (χ3n) is 10.8. The molecule has 0 saturated heterocycles. The molecule has 0 heteroatoms. The zero-order valence-electron chi connectivity index (χ0n) is 21.3. The van der Waals surface area contributed by atoms with E-state index in [2.05, 4.69) is 6.92 Å². The molecular weight excluding hydrogens is 372 g/mol. The highest BCUT2D eigenvalue weighted by Gasteiger charge is 2.33. The SMILES string of the molecule is CCC1CCC(CC2CCCCC(C3CCCCC3)C(CC3CCCCC3)CC2)CC1. The minimum atomic E-state index is 1.06. The van der Waals surface area contributed by atoms with Crippen molar-refractivity contribution in [2.24, 2.45) is 41.4 Å². The summed E-state index contributed by atoms with van der Waals surface area (Å²) in [5, 5.41) is 0. The van der Waals surface area contributed by atoms with Crippen molar-refractivity contribution in [3.8, 4) is 0 Å².